The van der Waals surface area contributed by atoms with Crippen LogP contribution in [0.4, 0.5) is 0 Å². The van der Waals surface area contributed by atoms with Crippen molar-refractivity contribution in [1.82, 2.24) is 10.3 Å². The Kier molecular flexibility index (Phi) is 4.85. The molecule has 4 heteroatoms. The molecule has 0 aliphatic rings. The normalized spacial score (nSPS) is 11.9. The third kappa shape index (κ3) is 3.42. The van der Waals surface area contributed by atoms with Gasteiger partial charge in [-0.1, -0.05) is 12.1 Å². The summed E-state index contributed by atoms with van der Waals surface area (Å²) < 4.78 is 5.22. The first-order valence-electron chi connectivity index (χ1n) is 6.52. The molecule has 0 amide bonds. The Morgan fingerprint density at radius 2 is 1.95 bits per heavy atom. The first-order valence-corrected chi connectivity index (χ1v) is 6.52. The third-order valence-corrected chi connectivity index (χ3v) is 3.13. The SMILES string of the molecule is COc1ccccc1C(=O)C(C)NCc1ccncc1. The molecule has 0 saturated heterocycles. The topological polar surface area (TPSA) is 51.2 Å². The van der Waals surface area contributed by atoms with Gasteiger partial charge in [0.15, 0.2) is 5.78 Å². The minimum absolute atomic E-state index is 0.0245. The Morgan fingerprint density at radius 1 is 1.25 bits per heavy atom. The predicted octanol–water partition coefficient (Wildman–Crippen LogP) is 2.45. The number of para-hydroxylation sites is 1. The van der Waals surface area contributed by atoms with Crippen LogP contribution in [0.2, 0.25) is 0 Å². The molecule has 1 unspecified atom stereocenters. The molecule has 0 radical (unpaired) electrons. The monoisotopic (exact) mass is 270 g/mol. The minimum Gasteiger partial charge on any atom is -0.496 e. The fourth-order valence-corrected chi connectivity index (χ4v) is 1.95. The van der Waals surface area contributed by atoms with E-state index < -0.39 is 0 Å². The maximum Gasteiger partial charge on any atom is 0.183 e. The van der Waals surface area contributed by atoms with Crippen LogP contribution in [0.5, 0.6) is 5.75 Å². The van der Waals surface area contributed by atoms with Crippen molar-refractivity contribution in [2.45, 2.75) is 19.5 Å². The molecule has 0 bridgehead atoms. The number of carbonyl (C=O) groups is 1. The molecule has 2 rings (SSSR count). The molecule has 1 atom stereocenters. The maximum absolute atomic E-state index is 12.4. The number of aromatic nitrogens is 1. The summed E-state index contributed by atoms with van der Waals surface area (Å²) in [5, 5.41) is 3.22. The third-order valence-electron chi connectivity index (χ3n) is 3.13. The highest BCUT2D eigenvalue weighted by Gasteiger charge is 2.18. The second-order valence-electron chi connectivity index (χ2n) is 4.52. The molecule has 1 heterocycles. The van der Waals surface area contributed by atoms with Gasteiger partial charge in [0.25, 0.3) is 0 Å². The first-order chi connectivity index (χ1) is 9.72. The van der Waals surface area contributed by atoms with Crippen molar-refractivity contribution in [2.24, 2.45) is 0 Å². The van der Waals surface area contributed by atoms with Gasteiger partial charge in [-0.25, -0.2) is 0 Å². The summed E-state index contributed by atoms with van der Waals surface area (Å²) in [6.45, 7) is 2.49. The molecule has 2 aromatic rings. The molecule has 0 aliphatic carbocycles. The number of ketones is 1. The van der Waals surface area contributed by atoms with Gasteiger partial charge >= 0.3 is 0 Å². The fraction of sp³-hybridized carbons (Fsp3) is 0.250. The van der Waals surface area contributed by atoms with E-state index in [1.165, 1.54) is 0 Å². The number of carbonyl (C=O) groups excluding carboxylic acids is 1. The summed E-state index contributed by atoms with van der Waals surface area (Å²) in [5.41, 5.74) is 1.70. The van der Waals surface area contributed by atoms with Crippen LogP contribution in [-0.2, 0) is 6.54 Å². The fourth-order valence-electron chi connectivity index (χ4n) is 1.95. The zero-order valence-corrected chi connectivity index (χ0v) is 11.7. The summed E-state index contributed by atoms with van der Waals surface area (Å²) in [6, 6.07) is 10.8. The molecule has 0 fully saturated rings. The molecule has 4 nitrogen and oxygen atoms in total. The smallest absolute Gasteiger partial charge is 0.183 e. The lowest BCUT2D eigenvalue weighted by Crippen LogP contribution is -2.33. The highest BCUT2D eigenvalue weighted by Crippen LogP contribution is 2.19. The Hall–Kier alpha value is -2.20. The Balaban J connectivity index is 2.02. The lowest BCUT2D eigenvalue weighted by atomic mass is 10.0. The number of benzene rings is 1. The van der Waals surface area contributed by atoms with Gasteiger partial charge < -0.3 is 10.1 Å². The number of rotatable bonds is 6. The van der Waals surface area contributed by atoms with Gasteiger partial charge in [0.05, 0.1) is 18.7 Å². The number of methoxy groups -OCH3 is 1. The van der Waals surface area contributed by atoms with Crippen molar-refractivity contribution in [2.75, 3.05) is 7.11 Å². The molecule has 1 N–H and O–H groups in total. The molecule has 1 aromatic heterocycles. The number of Topliss-reactive ketones (excluding diaryl/α,β-unsaturated/α-hetero) is 1. The van der Waals surface area contributed by atoms with Crippen LogP contribution in [0, 0.1) is 0 Å². The highest BCUT2D eigenvalue weighted by molar-refractivity contribution is 6.02. The van der Waals surface area contributed by atoms with Crippen molar-refractivity contribution >= 4 is 5.78 Å². The summed E-state index contributed by atoms with van der Waals surface area (Å²) in [7, 11) is 1.57. The van der Waals surface area contributed by atoms with Gasteiger partial charge in [0.2, 0.25) is 0 Å². The van der Waals surface area contributed by atoms with Crippen molar-refractivity contribution in [3.05, 3.63) is 59.9 Å². The average Bonchev–Trinajstić information content (AvgIpc) is 2.52. The zero-order valence-electron chi connectivity index (χ0n) is 11.7. The van der Waals surface area contributed by atoms with Crippen LogP contribution >= 0.6 is 0 Å². The largest absolute Gasteiger partial charge is 0.496 e. The van der Waals surface area contributed by atoms with E-state index >= 15 is 0 Å². The van der Waals surface area contributed by atoms with E-state index in [2.05, 4.69) is 10.3 Å². The van der Waals surface area contributed by atoms with Gasteiger partial charge in [-0.3, -0.25) is 9.78 Å². The summed E-state index contributed by atoms with van der Waals surface area (Å²) in [4.78, 5) is 16.4. The van der Waals surface area contributed by atoms with Gasteiger partial charge in [-0.15, -0.1) is 0 Å². The van der Waals surface area contributed by atoms with E-state index in [-0.39, 0.29) is 11.8 Å². The number of ether oxygens (including phenoxy) is 1. The number of pyridine rings is 1. The van der Waals surface area contributed by atoms with Crippen LogP contribution < -0.4 is 10.1 Å². The molecular weight excluding hydrogens is 252 g/mol. The van der Waals surface area contributed by atoms with Gasteiger partial charge in [-0.05, 0) is 36.8 Å². The summed E-state index contributed by atoms with van der Waals surface area (Å²) >= 11 is 0. The lowest BCUT2D eigenvalue weighted by molar-refractivity contribution is 0.0947. The zero-order chi connectivity index (χ0) is 14.4. The Bertz CT molecular complexity index is 570. The molecule has 0 spiro atoms. The second-order valence-corrected chi connectivity index (χ2v) is 4.52. The summed E-state index contributed by atoms with van der Waals surface area (Å²) in [5.74, 6) is 0.631. The van der Waals surface area contributed by atoms with Crippen LogP contribution in [0.25, 0.3) is 0 Å². The van der Waals surface area contributed by atoms with E-state index in [0.717, 1.165) is 5.56 Å². The van der Waals surface area contributed by atoms with Crippen molar-refractivity contribution in [1.29, 1.82) is 0 Å². The van der Waals surface area contributed by atoms with E-state index in [1.54, 1.807) is 31.6 Å². The van der Waals surface area contributed by atoms with Crippen molar-refractivity contribution in [3.8, 4) is 5.75 Å². The molecule has 1 aromatic carbocycles. The number of nitrogens with zero attached hydrogens (tertiary/aromatic N) is 1. The van der Waals surface area contributed by atoms with Crippen LogP contribution in [0.1, 0.15) is 22.8 Å². The molecule has 0 saturated carbocycles. The second kappa shape index (κ2) is 6.82. The standard InChI is InChI=1S/C16H18N2O2/c1-12(18-11-13-7-9-17-10-8-13)16(19)14-5-3-4-6-15(14)20-2/h3-10,12,18H,11H2,1-2H3. The Morgan fingerprint density at radius 3 is 2.65 bits per heavy atom. The molecule has 104 valence electrons. The average molecular weight is 270 g/mol. The van der Waals surface area contributed by atoms with Gasteiger partial charge in [-0.2, -0.15) is 0 Å². The van der Waals surface area contributed by atoms with E-state index in [4.69, 9.17) is 4.74 Å². The van der Waals surface area contributed by atoms with E-state index in [0.29, 0.717) is 17.9 Å². The Labute approximate surface area is 118 Å². The van der Waals surface area contributed by atoms with Crippen LogP contribution in [0.3, 0.4) is 0 Å². The number of hydrogen-bond donors (Lipinski definition) is 1. The van der Waals surface area contributed by atoms with Crippen LogP contribution in [-0.4, -0.2) is 23.9 Å². The van der Waals surface area contributed by atoms with Crippen molar-refractivity contribution in [3.63, 3.8) is 0 Å². The number of hydrogen-bond acceptors (Lipinski definition) is 4. The predicted molar refractivity (Wildman–Crippen MR) is 77.9 cm³/mol. The summed E-state index contributed by atoms with van der Waals surface area (Å²) in [6.07, 6.45) is 3.48. The molecular formula is C16H18N2O2. The maximum atomic E-state index is 12.4. The highest BCUT2D eigenvalue weighted by atomic mass is 16.5. The van der Waals surface area contributed by atoms with E-state index in [1.807, 2.05) is 31.2 Å². The number of nitrogens with one attached hydrogen (secondary N) is 1. The minimum atomic E-state index is -0.278. The lowest BCUT2D eigenvalue weighted by Gasteiger charge is -2.14. The van der Waals surface area contributed by atoms with Gasteiger partial charge in [0, 0.05) is 18.9 Å². The van der Waals surface area contributed by atoms with Crippen LogP contribution in [0.15, 0.2) is 48.8 Å². The van der Waals surface area contributed by atoms with Crippen molar-refractivity contribution < 1.29 is 9.53 Å². The molecule has 20 heavy (non-hydrogen) atoms. The van der Waals surface area contributed by atoms with Gasteiger partial charge in [0.1, 0.15) is 5.75 Å². The first kappa shape index (κ1) is 14.2. The quantitative estimate of drug-likeness (QED) is 0.819. The van der Waals surface area contributed by atoms with E-state index in [9.17, 15) is 4.79 Å². The molecule has 0 aliphatic heterocycles.